The Kier molecular flexibility index (Phi) is 3.43. The average molecular weight is 295 g/mol. The Hall–Kier alpha value is -1.82. The first kappa shape index (κ1) is 11.7. The Bertz CT molecular complexity index is 515. The van der Waals surface area contributed by atoms with Gasteiger partial charge in [0, 0.05) is 16.2 Å². The second-order valence-electron chi connectivity index (χ2n) is 3.33. The van der Waals surface area contributed by atoms with Crippen LogP contribution in [-0.2, 0) is 0 Å². The number of nitrogens with two attached hydrogens (primary N) is 1. The summed E-state index contributed by atoms with van der Waals surface area (Å²) < 4.78 is 6.09. The van der Waals surface area contributed by atoms with Gasteiger partial charge in [0.25, 0.3) is 0 Å². The molecule has 1 heterocycles. The highest BCUT2D eigenvalue weighted by Gasteiger charge is 2.01. The van der Waals surface area contributed by atoms with E-state index < -0.39 is 0 Å². The topological polar surface area (TPSA) is 73.1 Å². The third-order valence-electron chi connectivity index (χ3n) is 2.05. The molecule has 0 fully saturated rings. The first-order chi connectivity index (χ1) is 8.17. The van der Waals surface area contributed by atoms with Crippen molar-refractivity contribution >= 4 is 33.3 Å². The van der Waals surface area contributed by atoms with Crippen LogP contribution in [0.1, 0.15) is 0 Å². The lowest BCUT2D eigenvalue weighted by atomic mass is 10.3. The molecule has 0 aliphatic carbocycles. The van der Waals surface area contributed by atoms with Crippen LogP contribution in [0.5, 0.6) is 5.75 Å². The van der Waals surface area contributed by atoms with Crippen LogP contribution in [0.2, 0.25) is 0 Å². The zero-order valence-electron chi connectivity index (χ0n) is 9.14. The summed E-state index contributed by atoms with van der Waals surface area (Å²) in [6.45, 7) is 0. The molecule has 1 aromatic carbocycles. The van der Waals surface area contributed by atoms with Gasteiger partial charge in [0.2, 0.25) is 0 Å². The lowest BCUT2D eigenvalue weighted by molar-refractivity contribution is 0.415. The number of anilines is 3. The minimum Gasteiger partial charge on any atom is -0.497 e. The molecule has 0 saturated carbocycles. The van der Waals surface area contributed by atoms with Gasteiger partial charge in [-0.05, 0) is 12.1 Å². The molecular formula is C11H11BrN4O. The molecule has 3 N–H and O–H groups in total. The van der Waals surface area contributed by atoms with Crippen molar-refractivity contribution in [1.29, 1.82) is 0 Å². The molecular weight excluding hydrogens is 284 g/mol. The number of rotatable bonds is 3. The molecule has 0 atom stereocenters. The number of nitrogens with one attached hydrogen (secondary N) is 1. The van der Waals surface area contributed by atoms with Crippen LogP contribution in [0, 0.1) is 0 Å². The molecule has 2 aromatic rings. The van der Waals surface area contributed by atoms with Gasteiger partial charge in [-0.25, -0.2) is 9.97 Å². The number of nitrogen functional groups attached to an aromatic ring is 1. The Morgan fingerprint density at radius 3 is 2.71 bits per heavy atom. The van der Waals surface area contributed by atoms with E-state index in [1.54, 1.807) is 13.3 Å². The molecule has 0 bridgehead atoms. The molecule has 0 unspecified atom stereocenters. The summed E-state index contributed by atoms with van der Waals surface area (Å²) in [4.78, 5) is 8.05. The summed E-state index contributed by atoms with van der Waals surface area (Å²) in [5, 5.41) is 3.11. The summed E-state index contributed by atoms with van der Waals surface area (Å²) in [6, 6.07) is 5.66. The Morgan fingerprint density at radius 2 is 2.06 bits per heavy atom. The Labute approximate surface area is 107 Å². The van der Waals surface area contributed by atoms with Gasteiger partial charge in [0.1, 0.15) is 17.4 Å². The maximum Gasteiger partial charge on any atom is 0.149 e. The fraction of sp³-hybridized carbons (Fsp3) is 0.0909. The minimum absolute atomic E-state index is 0.391. The van der Waals surface area contributed by atoms with Crippen molar-refractivity contribution in [3.8, 4) is 5.75 Å². The highest BCUT2D eigenvalue weighted by molar-refractivity contribution is 9.10. The van der Waals surface area contributed by atoms with Gasteiger partial charge in [-0.15, -0.1) is 0 Å². The summed E-state index contributed by atoms with van der Waals surface area (Å²) in [7, 11) is 1.62. The van der Waals surface area contributed by atoms with Gasteiger partial charge in [-0.1, -0.05) is 15.9 Å². The third kappa shape index (κ3) is 3.07. The maximum atomic E-state index is 5.46. The summed E-state index contributed by atoms with van der Waals surface area (Å²) in [5.41, 5.74) is 6.32. The number of hydrogen-bond acceptors (Lipinski definition) is 5. The van der Waals surface area contributed by atoms with Gasteiger partial charge in [0.15, 0.2) is 0 Å². The van der Waals surface area contributed by atoms with Crippen molar-refractivity contribution in [3.63, 3.8) is 0 Å². The van der Waals surface area contributed by atoms with Crippen LogP contribution >= 0.6 is 15.9 Å². The van der Waals surface area contributed by atoms with Crippen LogP contribution in [0.25, 0.3) is 0 Å². The third-order valence-corrected chi connectivity index (χ3v) is 2.51. The number of hydrogen-bond donors (Lipinski definition) is 2. The number of nitrogens with zero attached hydrogens (tertiary/aromatic N) is 2. The van der Waals surface area contributed by atoms with Crippen molar-refractivity contribution in [2.45, 2.75) is 0 Å². The number of aromatic nitrogens is 2. The standard InChI is InChI=1S/C11H11BrN4O/c1-17-9-3-7(12)2-8(4-9)16-11-6-14-10(13)5-15-11/h2-6H,1H3,(H2,13,14)(H,15,16). The van der Waals surface area contributed by atoms with Crippen molar-refractivity contribution in [2.24, 2.45) is 0 Å². The number of halogens is 1. The molecule has 88 valence electrons. The van der Waals surface area contributed by atoms with E-state index in [4.69, 9.17) is 10.5 Å². The van der Waals surface area contributed by atoms with E-state index in [0.717, 1.165) is 15.9 Å². The zero-order chi connectivity index (χ0) is 12.3. The van der Waals surface area contributed by atoms with Gasteiger partial charge in [-0.3, -0.25) is 0 Å². The van der Waals surface area contributed by atoms with Gasteiger partial charge in [-0.2, -0.15) is 0 Å². The predicted molar refractivity (Wildman–Crippen MR) is 70.4 cm³/mol. The lowest BCUT2D eigenvalue weighted by Crippen LogP contribution is -1.97. The highest BCUT2D eigenvalue weighted by atomic mass is 79.9. The second kappa shape index (κ2) is 5.01. The van der Waals surface area contributed by atoms with Crippen LogP contribution in [-0.4, -0.2) is 17.1 Å². The van der Waals surface area contributed by atoms with Gasteiger partial charge in [0.05, 0.1) is 19.5 Å². The van der Waals surface area contributed by atoms with E-state index in [2.05, 4.69) is 31.2 Å². The normalized spacial score (nSPS) is 10.0. The molecule has 0 aliphatic heterocycles. The SMILES string of the molecule is COc1cc(Br)cc(Nc2cnc(N)cn2)c1. The van der Waals surface area contributed by atoms with Crippen LogP contribution < -0.4 is 15.8 Å². The van der Waals surface area contributed by atoms with Crippen molar-refractivity contribution in [1.82, 2.24) is 9.97 Å². The molecule has 1 aromatic heterocycles. The maximum absolute atomic E-state index is 5.46. The fourth-order valence-electron chi connectivity index (χ4n) is 1.30. The van der Waals surface area contributed by atoms with Crippen molar-refractivity contribution in [2.75, 3.05) is 18.2 Å². The van der Waals surface area contributed by atoms with Gasteiger partial charge < -0.3 is 15.8 Å². The van der Waals surface area contributed by atoms with Crippen LogP contribution in [0.15, 0.2) is 35.1 Å². The summed E-state index contributed by atoms with van der Waals surface area (Å²) >= 11 is 3.40. The van der Waals surface area contributed by atoms with E-state index >= 15 is 0 Å². The second-order valence-corrected chi connectivity index (χ2v) is 4.25. The zero-order valence-corrected chi connectivity index (χ0v) is 10.7. The smallest absolute Gasteiger partial charge is 0.149 e. The van der Waals surface area contributed by atoms with Crippen molar-refractivity contribution in [3.05, 3.63) is 35.1 Å². The number of methoxy groups -OCH3 is 1. The largest absolute Gasteiger partial charge is 0.497 e. The molecule has 6 heteroatoms. The van der Waals surface area contributed by atoms with E-state index in [1.165, 1.54) is 6.20 Å². The molecule has 0 saturated heterocycles. The van der Waals surface area contributed by atoms with E-state index in [-0.39, 0.29) is 0 Å². The van der Waals surface area contributed by atoms with Crippen molar-refractivity contribution < 1.29 is 4.74 Å². The van der Waals surface area contributed by atoms with E-state index in [1.807, 2.05) is 18.2 Å². The quantitative estimate of drug-likeness (QED) is 0.910. The van der Waals surface area contributed by atoms with Crippen LogP contribution in [0.4, 0.5) is 17.3 Å². The van der Waals surface area contributed by atoms with Gasteiger partial charge >= 0.3 is 0 Å². The molecule has 0 amide bonds. The van der Waals surface area contributed by atoms with E-state index in [9.17, 15) is 0 Å². The lowest BCUT2D eigenvalue weighted by Gasteiger charge is -2.08. The monoisotopic (exact) mass is 294 g/mol. The first-order valence-corrected chi connectivity index (χ1v) is 5.66. The fourth-order valence-corrected chi connectivity index (χ4v) is 1.78. The Morgan fingerprint density at radius 1 is 1.24 bits per heavy atom. The summed E-state index contributed by atoms with van der Waals surface area (Å²) in [6.07, 6.45) is 3.07. The summed E-state index contributed by atoms with van der Waals surface area (Å²) in [5.74, 6) is 1.77. The number of ether oxygens (including phenoxy) is 1. The van der Waals surface area contributed by atoms with E-state index in [0.29, 0.717) is 11.6 Å². The molecule has 2 rings (SSSR count). The molecule has 17 heavy (non-hydrogen) atoms. The molecule has 0 aliphatic rings. The number of benzene rings is 1. The van der Waals surface area contributed by atoms with Crippen LogP contribution in [0.3, 0.4) is 0 Å². The minimum atomic E-state index is 0.391. The highest BCUT2D eigenvalue weighted by Crippen LogP contribution is 2.26. The molecule has 5 nitrogen and oxygen atoms in total. The first-order valence-electron chi connectivity index (χ1n) is 4.86. The average Bonchev–Trinajstić information content (AvgIpc) is 2.31. The predicted octanol–water partition coefficient (Wildman–Crippen LogP) is 2.57. The molecule has 0 spiro atoms. The molecule has 0 radical (unpaired) electrons. The Balaban J connectivity index is 2.23.